The molecular formula is C18H21F3IN3O5. The number of nitrogens with one attached hydrogen (secondary N) is 1. The molecule has 0 saturated heterocycles. The van der Waals surface area contributed by atoms with E-state index < -0.39 is 23.8 Å². The van der Waals surface area contributed by atoms with Gasteiger partial charge in [0.25, 0.3) is 0 Å². The van der Waals surface area contributed by atoms with Gasteiger partial charge in [0.1, 0.15) is 23.8 Å². The van der Waals surface area contributed by atoms with E-state index in [2.05, 4.69) is 32.9 Å². The van der Waals surface area contributed by atoms with Gasteiger partial charge in [0, 0.05) is 11.6 Å². The minimum Gasteiger partial charge on any atom is -0.491 e. The molecule has 30 heavy (non-hydrogen) atoms. The van der Waals surface area contributed by atoms with Gasteiger partial charge in [-0.3, -0.25) is 0 Å². The first-order chi connectivity index (χ1) is 13.7. The molecule has 2 aromatic rings. The standard InChI is InChI=1S/C16H20IN3O3.C2HF3O2/c1-16(2,3)23-15(21)20-6-7-22-13-9-11-10(8-12(13)17)4-5-19-14(11)18;3-2(4,5)1(6)7/h4-5,8-9H,6-7H2,1-3H3,(H2,18,19)(H,20,21);(H,6,7). The zero-order valence-electron chi connectivity index (χ0n) is 16.3. The Morgan fingerprint density at radius 3 is 2.40 bits per heavy atom. The highest BCUT2D eigenvalue weighted by Gasteiger charge is 2.38. The number of amides is 1. The first-order valence-corrected chi connectivity index (χ1v) is 9.52. The molecule has 0 radical (unpaired) electrons. The largest absolute Gasteiger partial charge is 0.491 e. The van der Waals surface area contributed by atoms with E-state index in [4.69, 9.17) is 25.1 Å². The summed E-state index contributed by atoms with van der Waals surface area (Å²) in [6.07, 6.45) is -3.86. The summed E-state index contributed by atoms with van der Waals surface area (Å²) in [7, 11) is 0. The summed E-state index contributed by atoms with van der Waals surface area (Å²) in [5, 5.41) is 11.6. The number of nitrogens with two attached hydrogens (primary N) is 1. The number of nitrogens with zero attached hydrogens (tertiary/aromatic N) is 1. The van der Waals surface area contributed by atoms with Gasteiger partial charge in [-0.15, -0.1) is 0 Å². The van der Waals surface area contributed by atoms with Crippen LogP contribution in [0.15, 0.2) is 24.4 Å². The third-order valence-electron chi connectivity index (χ3n) is 3.12. The number of alkyl carbamates (subject to hydrolysis) is 1. The average molecular weight is 543 g/mol. The van der Waals surface area contributed by atoms with E-state index in [1.165, 1.54) is 0 Å². The smallest absolute Gasteiger partial charge is 0.490 e. The Hall–Kier alpha value is -2.51. The van der Waals surface area contributed by atoms with Crippen LogP contribution in [0, 0.1) is 3.57 Å². The minimum atomic E-state index is -5.08. The number of fused-ring (bicyclic) bond motifs is 1. The molecule has 1 aromatic heterocycles. The second kappa shape index (κ2) is 10.5. The number of carbonyl (C=O) groups is 2. The van der Waals surface area contributed by atoms with Crippen LogP contribution >= 0.6 is 22.6 Å². The van der Waals surface area contributed by atoms with Crippen molar-refractivity contribution in [3.05, 3.63) is 28.0 Å². The van der Waals surface area contributed by atoms with E-state index in [0.717, 1.165) is 14.3 Å². The molecule has 1 heterocycles. The lowest BCUT2D eigenvalue weighted by molar-refractivity contribution is -0.192. The van der Waals surface area contributed by atoms with E-state index in [1.54, 1.807) is 6.20 Å². The summed E-state index contributed by atoms with van der Waals surface area (Å²) in [5.74, 6) is -1.58. The Bertz CT molecular complexity index is 901. The number of rotatable bonds is 4. The Balaban J connectivity index is 0.000000553. The van der Waals surface area contributed by atoms with Gasteiger partial charge in [0.15, 0.2) is 0 Å². The van der Waals surface area contributed by atoms with Gasteiger partial charge in [0.2, 0.25) is 0 Å². The molecule has 1 amide bonds. The number of nitrogen functional groups attached to an aromatic ring is 1. The molecule has 0 aliphatic rings. The molecular weight excluding hydrogens is 522 g/mol. The molecule has 0 aliphatic heterocycles. The van der Waals surface area contributed by atoms with Crippen molar-refractivity contribution in [1.82, 2.24) is 10.3 Å². The first kappa shape index (κ1) is 25.5. The Morgan fingerprint density at radius 2 is 1.87 bits per heavy atom. The second-order valence-electron chi connectivity index (χ2n) is 6.78. The fourth-order valence-electron chi connectivity index (χ4n) is 1.93. The quantitative estimate of drug-likeness (QED) is 0.394. The van der Waals surface area contributed by atoms with Crippen LogP contribution in [0.3, 0.4) is 0 Å². The van der Waals surface area contributed by atoms with Crippen molar-refractivity contribution in [2.45, 2.75) is 32.5 Å². The zero-order chi connectivity index (χ0) is 23.1. The second-order valence-corrected chi connectivity index (χ2v) is 7.94. The summed E-state index contributed by atoms with van der Waals surface area (Å²) >= 11 is 2.20. The number of alkyl halides is 3. The number of hydrogen-bond acceptors (Lipinski definition) is 6. The maximum Gasteiger partial charge on any atom is 0.490 e. The number of carboxylic acids is 1. The summed E-state index contributed by atoms with van der Waals surface area (Å²) in [6, 6.07) is 5.76. The number of hydrogen-bond donors (Lipinski definition) is 3. The van der Waals surface area contributed by atoms with Crippen molar-refractivity contribution >= 4 is 51.2 Å². The maximum atomic E-state index is 11.5. The Morgan fingerprint density at radius 1 is 1.27 bits per heavy atom. The molecule has 8 nitrogen and oxygen atoms in total. The van der Waals surface area contributed by atoms with Crippen LogP contribution in [0.1, 0.15) is 20.8 Å². The van der Waals surface area contributed by atoms with Gasteiger partial charge in [-0.1, -0.05) is 0 Å². The van der Waals surface area contributed by atoms with Crippen LogP contribution in [0.5, 0.6) is 5.75 Å². The monoisotopic (exact) mass is 543 g/mol. The molecule has 2 rings (SSSR count). The lowest BCUT2D eigenvalue weighted by Crippen LogP contribution is -2.34. The topological polar surface area (TPSA) is 124 Å². The predicted octanol–water partition coefficient (Wildman–Crippen LogP) is 3.96. The third kappa shape index (κ3) is 8.88. The fraction of sp³-hybridized carbons (Fsp3) is 0.389. The average Bonchev–Trinajstić information content (AvgIpc) is 2.57. The molecule has 1 aromatic carbocycles. The van der Waals surface area contributed by atoms with Gasteiger partial charge >= 0.3 is 18.2 Å². The molecule has 0 saturated carbocycles. The number of carbonyl (C=O) groups excluding carboxylic acids is 1. The van der Waals surface area contributed by atoms with E-state index in [0.29, 0.717) is 24.7 Å². The Kier molecular flexibility index (Phi) is 8.93. The summed E-state index contributed by atoms with van der Waals surface area (Å²) < 4.78 is 43.6. The predicted molar refractivity (Wildman–Crippen MR) is 112 cm³/mol. The number of aromatic nitrogens is 1. The number of carboxylic acid groups (broad SMARTS) is 1. The van der Waals surface area contributed by atoms with Crippen molar-refractivity contribution in [3.8, 4) is 5.75 Å². The maximum absolute atomic E-state index is 11.5. The van der Waals surface area contributed by atoms with Crippen molar-refractivity contribution < 1.29 is 37.3 Å². The number of benzene rings is 1. The van der Waals surface area contributed by atoms with E-state index in [1.807, 2.05) is 39.0 Å². The number of aliphatic carboxylic acids is 1. The van der Waals surface area contributed by atoms with Gasteiger partial charge < -0.3 is 25.6 Å². The van der Waals surface area contributed by atoms with Crippen LogP contribution in [0.4, 0.5) is 23.8 Å². The normalized spacial score (nSPS) is 11.3. The van der Waals surface area contributed by atoms with Crippen LogP contribution in [-0.2, 0) is 9.53 Å². The third-order valence-corrected chi connectivity index (χ3v) is 3.96. The first-order valence-electron chi connectivity index (χ1n) is 8.44. The van der Waals surface area contributed by atoms with Crippen molar-refractivity contribution in [2.75, 3.05) is 18.9 Å². The van der Waals surface area contributed by atoms with E-state index >= 15 is 0 Å². The molecule has 0 unspecified atom stereocenters. The number of pyridine rings is 1. The van der Waals surface area contributed by atoms with Crippen molar-refractivity contribution in [3.63, 3.8) is 0 Å². The molecule has 0 atom stereocenters. The Labute approximate surface area is 184 Å². The lowest BCUT2D eigenvalue weighted by Gasteiger charge is -2.19. The number of ether oxygens (including phenoxy) is 2. The van der Waals surface area contributed by atoms with Crippen molar-refractivity contribution in [1.29, 1.82) is 0 Å². The molecule has 0 bridgehead atoms. The van der Waals surface area contributed by atoms with Crippen LogP contribution in [0.25, 0.3) is 10.8 Å². The van der Waals surface area contributed by atoms with Gasteiger partial charge in [-0.2, -0.15) is 13.2 Å². The van der Waals surface area contributed by atoms with E-state index in [9.17, 15) is 18.0 Å². The van der Waals surface area contributed by atoms with Crippen LogP contribution < -0.4 is 15.8 Å². The van der Waals surface area contributed by atoms with Crippen LogP contribution in [-0.4, -0.2) is 47.1 Å². The number of halogens is 4. The zero-order valence-corrected chi connectivity index (χ0v) is 18.5. The van der Waals surface area contributed by atoms with Gasteiger partial charge in [0.05, 0.1) is 10.1 Å². The highest BCUT2D eigenvalue weighted by atomic mass is 127. The molecule has 4 N–H and O–H groups in total. The van der Waals surface area contributed by atoms with Gasteiger partial charge in [-0.05, 0) is 66.9 Å². The lowest BCUT2D eigenvalue weighted by atomic mass is 10.1. The van der Waals surface area contributed by atoms with E-state index in [-0.39, 0.29) is 0 Å². The highest BCUT2D eigenvalue weighted by molar-refractivity contribution is 14.1. The molecule has 0 spiro atoms. The van der Waals surface area contributed by atoms with Gasteiger partial charge in [-0.25, -0.2) is 14.6 Å². The molecule has 0 aliphatic carbocycles. The molecule has 12 heteroatoms. The molecule has 0 fully saturated rings. The summed E-state index contributed by atoms with van der Waals surface area (Å²) in [6.45, 7) is 6.14. The summed E-state index contributed by atoms with van der Waals surface area (Å²) in [5.41, 5.74) is 5.38. The highest BCUT2D eigenvalue weighted by Crippen LogP contribution is 2.29. The minimum absolute atomic E-state index is 0.334. The van der Waals surface area contributed by atoms with Crippen LogP contribution in [0.2, 0.25) is 0 Å². The van der Waals surface area contributed by atoms with Crippen molar-refractivity contribution in [2.24, 2.45) is 0 Å². The molecule has 166 valence electrons. The fourth-order valence-corrected chi connectivity index (χ4v) is 2.58. The SMILES string of the molecule is CC(C)(C)OC(=O)NCCOc1cc2c(N)nccc2cc1I.O=C(O)C(F)(F)F. The summed E-state index contributed by atoms with van der Waals surface area (Å²) in [4.78, 5) is 24.5. The number of anilines is 1.